The third kappa shape index (κ3) is 31.4. The maximum absolute atomic E-state index is 8.46. The van der Waals surface area contributed by atoms with Crippen molar-refractivity contribution >= 4 is 68.6 Å². The van der Waals surface area contributed by atoms with Gasteiger partial charge in [-0.15, -0.1) is 0 Å². The first-order valence-electron chi connectivity index (χ1n) is 4.31. The van der Waals surface area contributed by atoms with Crippen molar-refractivity contribution in [1.29, 1.82) is 0 Å². The van der Waals surface area contributed by atoms with Gasteiger partial charge in [0.05, 0.1) is 0 Å². The molecule has 0 spiro atoms. The van der Waals surface area contributed by atoms with Gasteiger partial charge in [-0.05, 0) is 0 Å². The number of rotatable bonds is 4. The summed E-state index contributed by atoms with van der Waals surface area (Å²) in [6, 6.07) is 0. The van der Waals surface area contributed by atoms with Gasteiger partial charge >= 0.3 is 68.6 Å². The summed E-state index contributed by atoms with van der Waals surface area (Å²) in [4.78, 5) is 33.8. The molecule has 0 aromatic carbocycles. The molecule has 0 fully saturated rings. The largest absolute Gasteiger partial charge is 2.00 e. The Hall–Kier alpha value is 0.161. The Kier molecular flexibility index (Phi) is 16.8. The number of carbonyl (C=O) groups excluding carboxylic acids is 4. The molecule has 80 valence electrons. The summed E-state index contributed by atoms with van der Waals surface area (Å²) < 4.78 is 0. The minimum absolute atomic E-state index is 0. The fourth-order valence-corrected chi connectivity index (χ4v) is 0.740. The molecule has 0 bridgehead atoms. The third-order valence-corrected chi connectivity index (χ3v) is 1.02. The van der Waals surface area contributed by atoms with Crippen LogP contribution in [-0.4, -0.2) is 87.8 Å². The Morgan fingerprint density at radius 1 is 0.600 bits per heavy atom. The van der Waals surface area contributed by atoms with Crippen molar-refractivity contribution in [3.05, 3.63) is 0 Å². The van der Waals surface area contributed by atoms with Crippen molar-refractivity contribution in [2.45, 2.75) is 40.5 Å². The molecule has 0 saturated carbocycles. The van der Waals surface area contributed by atoms with Gasteiger partial charge < -0.3 is 0 Å². The van der Waals surface area contributed by atoms with Gasteiger partial charge in [0.1, 0.15) is 0 Å². The van der Waals surface area contributed by atoms with E-state index in [-0.39, 0.29) is 68.6 Å². The molecule has 0 amide bonds. The molecule has 0 unspecified atom stereocenters. The summed E-state index contributed by atoms with van der Waals surface area (Å²) in [7, 11) is 0. The molecular formula is C10H20O4Sr+6. The normalized spacial score (nSPS) is 7.73. The van der Waals surface area contributed by atoms with Gasteiger partial charge in [0.15, 0.2) is 12.8 Å². The average Bonchev–Trinajstić information content (AvgIpc) is 1.79. The summed E-state index contributed by atoms with van der Waals surface area (Å²) in [5.41, 5.74) is 0. The van der Waals surface area contributed by atoms with E-state index in [9.17, 15) is 0 Å². The molecule has 0 aliphatic heterocycles. The first kappa shape index (κ1) is 20.6. The fraction of sp³-hybridized carbons (Fsp3) is 0.600. The monoisotopic (exact) mass is 292 g/mol. The van der Waals surface area contributed by atoms with Crippen LogP contribution in [0.5, 0.6) is 0 Å². The van der Waals surface area contributed by atoms with Crippen LogP contribution in [0.2, 0.25) is 0 Å². The van der Waals surface area contributed by atoms with Gasteiger partial charge in [0.2, 0.25) is 0 Å². The van der Waals surface area contributed by atoms with Crippen LogP contribution in [-0.2, 0) is 0 Å². The van der Waals surface area contributed by atoms with Crippen molar-refractivity contribution in [2.24, 2.45) is 0 Å². The van der Waals surface area contributed by atoms with Crippen LogP contribution in [0.25, 0.3) is 0 Å². The van der Waals surface area contributed by atoms with Gasteiger partial charge in [0.25, 0.3) is 0 Å². The van der Waals surface area contributed by atoms with Crippen LogP contribution in [0.1, 0.15) is 40.5 Å². The zero-order chi connectivity index (χ0) is 11.7. The standard InChI is InChI=1S/2C5H8O2.Sr/c2*1-4(6)3-5(2)7;/h2*3H2,1-2H3;/q;;+2/p+4. The van der Waals surface area contributed by atoms with E-state index in [2.05, 4.69) is 0 Å². The van der Waals surface area contributed by atoms with E-state index in [0.29, 0.717) is 12.8 Å². The predicted octanol–water partition coefficient (Wildman–Crippen LogP) is 0.631. The number of hydrogen-bond acceptors (Lipinski definition) is 0. The van der Waals surface area contributed by atoms with Crippen LogP contribution < -0.4 is 0 Å². The van der Waals surface area contributed by atoms with Crippen LogP contribution in [0, 0.1) is 0 Å². The maximum Gasteiger partial charge on any atom is 2.00 e. The Morgan fingerprint density at radius 2 is 0.733 bits per heavy atom. The number of ketones is 4. The van der Waals surface area contributed by atoms with Gasteiger partial charge in [-0.1, -0.05) is 0 Å². The fourth-order valence-electron chi connectivity index (χ4n) is 0.740. The van der Waals surface area contributed by atoms with Crippen molar-refractivity contribution in [1.82, 2.24) is 0 Å². The summed E-state index contributed by atoms with van der Waals surface area (Å²) in [6.45, 7) is 6.22. The molecule has 5 heteroatoms. The van der Waals surface area contributed by atoms with E-state index in [1.54, 1.807) is 27.7 Å². The molecule has 4 nitrogen and oxygen atoms in total. The van der Waals surface area contributed by atoms with Gasteiger partial charge in [-0.25, -0.2) is 0 Å². The van der Waals surface area contributed by atoms with Crippen molar-refractivity contribution in [3.8, 4) is 0 Å². The molecule has 0 heterocycles. The zero-order valence-electron chi connectivity index (χ0n) is 9.91. The molecule has 15 heavy (non-hydrogen) atoms. The van der Waals surface area contributed by atoms with E-state index in [0.717, 1.165) is 0 Å². The van der Waals surface area contributed by atoms with E-state index >= 15 is 0 Å². The molecule has 0 aromatic rings. The second kappa shape index (κ2) is 12.2. The van der Waals surface area contributed by atoms with Crippen molar-refractivity contribution in [2.75, 3.05) is 0 Å². The average molecular weight is 292 g/mol. The maximum atomic E-state index is 8.46. The van der Waals surface area contributed by atoms with Gasteiger partial charge in [-0.2, -0.15) is 0 Å². The molecule has 0 atom stereocenters. The third-order valence-electron chi connectivity index (χ3n) is 1.02. The second-order valence-electron chi connectivity index (χ2n) is 3.29. The number of hydrogen-bond donors (Lipinski definition) is 0. The van der Waals surface area contributed by atoms with Crippen LogP contribution >= 0.6 is 0 Å². The predicted molar refractivity (Wildman–Crippen MR) is 65.5 cm³/mol. The van der Waals surface area contributed by atoms with E-state index in [1.165, 1.54) is 0 Å². The molecule has 0 aliphatic carbocycles. The summed E-state index contributed by atoms with van der Waals surface area (Å²) in [5, 5.41) is 0. The smallest absolute Gasteiger partial charge is 0.283 e. The topological polar surface area (TPSA) is 85.6 Å². The van der Waals surface area contributed by atoms with Crippen LogP contribution in [0.15, 0.2) is 0 Å². The Bertz CT molecular complexity index is 196. The summed E-state index contributed by atoms with van der Waals surface area (Å²) >= 11 is 0. The van der Waals surface area contributed by atoms with Crippen LogP contribution in [0.4, 0.5) is 0 Å². The molecule has 0 aliphatic rings. The van der Waals surface area contributed by atoms with Gasteiger partial charge in [-0.3, -0.25) is 19.2 Å². The Balaban J connectivity index is -0.000000180. The first-order chi connectivity index (χ1) is 6.25. The minimum atomic E-state index is 0. The van der Waals surface area contributed by atoms with Crippen LogP contribution in [0.3, 0.4) is 0 Å². The van der Waals surface area contributed by atoms with E-state index in [4.69, 9.17) is 19.2 Å². The summed E-state index contributed by atoms with van der Waals surface area (Å²) in [6.07, 6.45) is 0.611. The van der Waals surface area contributed by atoms with Crippen molar-refractivity contribution in [3.63, 3.8) is 0 Å². The Morgan fingerprint density at radius 3 is 0.733 bits per heavy atom. The Labute approximate surface area is 127 Å². The molecule has 0 rings (SSSR count). The molecule has 0 aromatic heterocycles. The first-order valence-corrected chi connectivity index (χ1v) is 4.31. The molecule has 0 saturated heterocycles. The van der Waals surface area contributed by atoms with E-state index in [1.807, 2.05) is 0 Å². The van der Waals surface area contributed by atoms with Gasteiger partial charge in [0, 0.05) is 27.7 Å². The zero-order valence-corrected chi connectivity index (χ0v) is 13.4. The molecular weight excluding hydrogens is 272 g/mol. The van der Waals surface area contributed by atoms with Crippen molar-refractivity contribution < 1.29 is 19.2 Å². The molecule has 0 radical (unpaired) electrons. The quantitative estimate of drug-likeness (QED) is 0.413. The van der Waals surface area contributed by atoms with E-state index < -0.39 is 0 Å². The molecule has 4 N–H and O–H groups in total. The second-order valence-corrected chi connectivity index (χ2v) is 3.29. The minimum Gasteiger partial charge on any atom is -0.283 e. The SMILES string of the molecule is CC(=[OH+])CC(C)=[OH+].CC(=[OH+])CC(C)=[OH+].[Sr+2]. The summed E-state index contributed by atoms with van der Waals surface area (Å²) in [5.74, 6) is 1.00.